The molecule has 1 heterocycles. The monoisotopic (exact) mass is 306 g/mol. The Kier molecular flexibility index (Phi) is 2.87. The maximum absolute atomic E-state index is 11.9. The van der Waals surface area contributed by atoms with E-state index in [4.69, 9.17) is 0 Å². The van der Waals surface area contributed by atoms with Crippen LogP contribution in [0.25, 0.3) is 0 Å². The molecule has 1 fully saturated rings. The maximum atomic E-state index is 11.9. The number of amides is 1. The van der Waals surface area contributed by atoms with Crippen LogP contribution >= 0.6 is 15.9 Å². The quantitative estimate of drug-likeness (QED) is 0.916. The first-order chi connectivity index (χ1) is 8.72. The van der Waals surface area contributed by atoms with Crippen LogP contribution < -0.4 is 5.32 Å². The van der Waals surface area contributed by atoms with Gasteiger partial charge in [-0.3, -0.25) is 9.89 Å². The Labute approximate surface area is 112 Å². The van der Waals surface area contributed by atoms with Gasteiger partial charge in [-0.1, -0.05) is 22.0 Å². The van der Waals surface area contributed by atoms with Crippen molar-refractivity contribution in [2.75, 3.05) is 5.32 Å². The van der Waals surface area contributed by atoms with Gasteiger partial charge >= 0.3 is 0 Å². The number of anilines is 1. The highest BCUT2D eigenvalue weighted by molar-refractivity contribution is 9.10. The Morgan fingerprint density at radius 1 is 1.44 bits per heavy atom. The second kappa shape index (κ2) is 4.53. The van der Waals surface area contributed by atoms with E-state index in [0.717, 1.165) is 23.1 Å². The van der Waals surface area contributed by atoms with Crippen LogP contribution in [0.5, 0.6) is 0 Å². The van der Waals surface area contributed by atoms with Crippen LogP contribution in [0.15, 0.2) is 28.7 Å². The average molecular weight is 307 g/mol. The van der Waals surface area contributed by atoms with Gasteiger partial charge in [-0.2, -0.15) is 0 Å². The molecule has 1 aliphatic rings. The van der Waals surface area contributed by atoms with E-state index in [2.05, 4.69) is 36.4 Å². The van der Waals surface area contributed by atoms with Crippen molar-refractivity contribution in [1.29, 1.82) is 0 Å². The number of hydrogen-bond donors (Lipinski definition) is 2. The van der Waals surface area contributed by atoms with E-state index in [1.807, 2.05) is 24.3 Å². The van der Waals surface area contributed by atoms with Gasteiger partial charge in [0.1, 0.15) is 5.82 Å². The van der Waals surface area contributed by atoms with Crippen molar-refractivity contribution in [3.8, 4) is 0 Å². The highest BCUT2D eigenvalue weighted by atomic mass is 79.9. The Bertz CT molecular complexity index is 591. The summed E-state index contributed by atoms with van der Waals surface area (Å²) in [4.78, 5) is 16.1. The molecule has 1 amide bonds. The lowest BCUT2D eigenvalue weighted by molar-refractivity contribution is 0.101. The normalized spacial score (nSPS) is 14.5. The predicted octanol–water partition coefficient (Wildman–Crippen LogP) is 2.70. The van der Waals surface area contributed by atoms with Gasteiger partial charge in [-0.15, -0.1) is 5.10 Å². The number of H-pyrrole nitrogens is 1. The molecule has 0 atom stereocenters. The van der Waals surface area contributed by atoms with Crippen molar-refractivity contribution in [1.82, 2.24) is 15.2 Å². The van der Waals surface area contributed by atoms with Gasteiger partial charge in [0.05, 0.1) is 0 Å². The van der Waals surface area contributed by atoms with Gasteiger partial charge in [0.25, 0.3) is 5.91 Å². The number of carbonyl (C=O) groups is 1. The summed E-state index contributed by atoms with van der Waals surface area (Å²) in [5.74, 6) is 1.17. The van der Waals surface area contributed by atoms with E-state index in [1.165, 1.54) is 0 Å². The van der Waals surface area contributed by atoms with Crippen LogP contribution in [0.3, 0.4) is 0 Å². The molecule has 1 aromatic heterocycles. The average Bonchev–Trinajstić information content (AvgIpc) is 3.07. The van der Waals surface area contributed by atoms with Gasteiger partial charge in [-0.05, 0) is 31.0 Å². The topological polar surface area (TPSA) is 70.7 Å². The Balaban J connectivity index is 1.73. The molecule has 6 heteroatoms. The summed E-state index contributed by atoms with van der Waals surface area (Å²) in [6.07, 6.45) is 2.25. The molecule has 92 valence electrons. The molecule has 18 heavy (non-hydrogen) atoms. The molecule has 0 saturated heterocycles. The fraction of sp³-hybridized carbons (Fsp3) is 0.250. The lowest BCUT2D eigenvalue weighted by atomic mass is 10.3. The molecule has 0 spiro atoms. The minimum Gasteiger partial charge on any atom is -0.319 e. The molecule has 2 N–H and O–H groups in total. The summed E-state index contributed by atoms with van der Waals surface area (Å²) in [7, 11) is 0. The number of aromatic nitrogens is 3. The fourth-order valence-corrected chi connectivity index (χ4v) is 2.07. The molecule has 2 aromatic rings. The minimum absolute atomic E-state index is 0.192. The standard InChI is InChI=1S/C12H11BrN4O/c13-8-2-1-3-9(6-8)14-12(18)11-15-10(16-17-11)7-4-5-7/h1-3,6-7H,4-5H2,(H,14,18)(H,15,16,17). The Morgan fingerprint density at radius 2 is 2.28 bits per heavy atom. The highest BCUT2D eigenvalue weighted by Crippen LogP contribution is 2.37. The number of hydrogen-bond acceptors (Lipinski definition) is 3. The van der Waals surface area contributed by atoms with E-state index in [0.29, 0.717) is 11.6 Å². The van der Waals surface area contributed by atoms with Crippen molar-refractivity contribution < 1.29 is 4.79 Å². The number of nitrogens with one attached hydrogen (secondary N) is 2. The largest absolute Gasteiger partial charge is 0.319 e. The number of rotatable bonds is 3. The van der Waals surface area contributed by atoms with Crippen molar-refractivity contribution in [2.24, 2.45) is 0 Å². The zero-order valence-electron chi connectivity index (χ0n) is 9.48. The molecule has 1 saturated carbocycles. The number of benzene rings is 1. The van der Waals surface area contributed by atoms with Crippen molar-refractivity contribution in [3.05, 3.63) is 40.4 Å². The predicted molar refractivity (Wildman–Crippen MR) is 70.5 cm³/mol. The second-order valence-corrected chi connectivity index (χ2v) is 5.20. The molecule has 0 unspecified atom stereocenters. The van der Waals surface area contributed by atoms with Crippen LogP contribution in [0, 0.1) is 0 Å². The Morgan fingerprint density at radius 3 is 3.00 bits per heavy atom. The molecule has 1 aliphatic carbocycles. The lowest BCUT2D eigenvalue weighted by Crippen LogP contribution is -2.13. The molecule has 5 nitrogen and oxygen atoms in total. The van der Waals surface area contributed by atoms with Crippen LogP contribution in [-0.2, 0) is 0 Å². The van der Waals surface area contributed by atoms with E-state index < -0.39 is 0 Å². The summed E-state index contributed by atoms with van der Waals surface area (Å²) in [5.41, 5.74) is 0.715. The number of carbonyl (C=O) groups excluding carboxylic acids is 1. The van der Waals surface area contributed by atoms with Crippen LogP contribution in [-0.4, -0.2) is 21.1 Å². The molecule has 0 bridgehead atoms. The molecular formula is C12H11BrN4O. The van der Waals surface area contributed by atoms with Crippen molar-refractivity contribution >= 4 is 27.5 Å². The van der Waals surface area contributed by atoms with E-state index >= 15 is 0 Å². The third kappa shape index (κ3) is 2.43. The Hall–Kier alpha value is -1.69. The molecule has 1 aromatic carbocycles. The van der Waals surface area contributed by atoms with Crippen molar-refractivity contribution in [2.45, 2.75) is 18.8 Å². The summed E-state index contributed by atoms with van der Waals surface area (Å²) >= 11 is 3.35. The lowest BCUT2D eigenvalue weighted by Gasteiger charge is -2.02. The molecule has 0 aliphatic heterocycles. The second-order valence-electron chi connectivity index (χ2n) is 4.28. The summed E-state index contributed by atoms with van der Waals surface area (Å²) in [6.45, 7) is 0. The molecule has 0 radical (unpaired) electrons. The molecule has 3 rings (SSSR count). The first-order valence-corrected chi connectivity index (χ1v) is 6.51. The van der Waals surface area contributed by atoms with E-state index in [9.17, 15) is 4.79 Å². The summed E-state index contributed by atoms with van der Waals surface area (Å²) < 4.78 is 0.911. The first kappa shape index (κ1) is 11.4. The fourth-order valence-electron chi connectivity index (χ4n) is 1.67. The van der Waals surface area contributed by atoms with Gasteiger partial charge < -0.3 is 5.32 Å². The van der Waals surface area contributed by atoms with E-state index in [-0.39, 0.29) is 11.7 Å². The number of halogens is 1. The van der Waals surface area contributed by atoms with Gasteiger partial charge in [-0.25, -0.2) is 4.98 Å². The third-order valence-corrected chi connectivity index (χ3v) is 3.25. The number of nitrogens with zero attached hydrogens (tertiary/aromatic N) is 2. The van der Waals surface area contributed by atoms with Crippen LogP contribution in [0.2, 0.25) is 0 Å². The van der Waals surface area contributed by atoms with Gasteiger partial charge in [0.15, 0.2) is 0 Å². The SMILES string of the molecule is O=C(Nc1cccc(Br)c1)c1n[nH]c(C2CC2)n1. The van der Waals surface area contributed by atoms with E-state index in [1.54, 1.807) is 0 Å². The smallest absolute Gasteiger partial charge is 0.295 e. The molecular weight excluding hydrogens is 296 g/mol. The zero-order valence-corrected chi connectivity index (χ0v) is 11.1. The summed E-state index contributed by atoms with van der Waals surface area (Å²) in [5, 5.41) is 9.51. The number of aromatic amines is 1. The van der Waals surface area contributed by atoms with Gasteiger partial charge in [0.2, 0.25) is 5.82 Å². The zero-order chi connectivity index (χ0) is 12.5. The minimum atomic E-state index is -0.295. The first-order valence-electron chi connectivity index (χ1n) is 5.71. The van der Waals surface area contributed by atoms with Crippen LogP contribution in [0.4, 0.5) is 5.69 Å². The van der Waals surface area contributed by atoms with Gasteiger partial charge in [0, 0.05) is 16.1 Å². The highest BCUT2D eigenvalue weighted by Gasteiger charge is 2.28. The van der Waals surface area contributed by atoms with Crippen LogP contribution in [0.1, 0.15) is 35.2 Å². The third-order valence-electron chi connectivity index (χ3n) is 2.75. The van der Waals surface area contributed by atoms with Crippen molar-refractivity contribution in [3.63, 3.8) is 0 Å². The maximum Gasteiger partial charge on any atom is 0.295 e. The summed E-state index contributed by atoms with van der Waals surface area (Å²) in [6, 6.07) is 7.39.